The maximum Gasteiger partial charge on any atom is 0.270 e. The van der Waals surface area contributed by atoms with Crippen LogP contribution in [0.25, 0.3) is 0 Å². The fourth-order valence-corrected chi connectivity index (χ4v) is 0. The van der Waals surface area contributed by atoms with Crippen LogP contribution in [0.2, 0.25) is 0 Å². The highest BCUT2D eigenvalue weighted by Crippen LogP contribution is 1.42. The van der Waals surface area contributed by atoms with Crippen LogP contribution in [0, 0.1) is 5.75 Å². The van der Waals surface area contributed by atoms with Crippen molar-refractivity contribution in [1.82, 2.24) is 0 Å². The van der Waals surface area contributed by atoms with Gasteiger partial charge in [0.05, 0.1) is 5.75 Å². The normalized spacial score (nSPS) is 3.50. The molecule has 0 amide bonds. The second kappa shape index (κ2) is 2.86. The van der Waals surface area contributed by atoms with Gasteiger partial charge in [0.1, 0.15) is 0 Å². The summed E-state index contributed by atoms with van der Waals surface area (Å²) in [4.78, 5) is 0. The molecule has 0 nitrogen and oxygen atoms in total. The Morgan fingerprint density at radius 2 is 2.00 bits per heavy atom. The molecule has 3 heteroatoms. The highest BCUT2D eigenvalue weighted by molar-refractivity contribution is 6.12. The van der Waals surface area contributed by atoms with E-state index in [2.05, 4.69) is 0 Å². The minimum absolute atomic E-state index is 0.792. The fourth-order valence-electron chi connectivity index (χ4n) is 0. The molecule has 0 spiro atoms. The maximum absolute atomic E-state index is 10.3. The van der Waals surface area contributed by atoms with Gasteiger partial charge in [0.15, 0.2) is 0 Å². The van der Waals surface area contributed by atoms with E-state index in [1.165, 1.54) is 0 Å². The van der Waals surface area contributed by atoms with Gasteiger partial charge in [-0.3, -0.25) is 0 Å². The Bertz CT molecular complexity index is 42.8. The zero-order valence-corrected chi connectivity index (χ0v) is 2.76. The summed E-state index contributed by atoms with van der Waals surface area (Å²) in [6.07, 6.45) is 0. The third-order valence-electron chi connectivity index (χ3n) is 0.0357. The first-order valence-electron chi connectivity index (χ1n) is 0.628. The van der Waals surface area contributed by atoms with Crippen LogP contribution in [0.4, 0.5) is 8.50 Å². The molecule has 0 aromatic rings. The fraction of sp³-hybridized carbons (Fsp3) is 0. The van der Waals surface area contributed by atoms with Crippen LogP contribution in [-0.4, -0.2) is 9.29 Å². The lowest BCUT2D eigenvalue weighted by atomic mass is 11.9. The van der Waals surface area contributed by atoms with Crippen molar-refractivity contribution in [3.05, 3.63) is 0 Å². The molecule has 0 atom stereocenters. The van der Waals surface area contributed by atoms with Crippen LogP contribution in [0.3, 0.4) is 0 Å². The molecule has 4 heavy (non-hydrogen) atoms. The molecule has 0 rings (SSSR count). The first kappa shape index (κ1) is 3.86. The predicted octanol–water partition coefficient (Wildman–Crippen LogP) is 0.461. The molecule has 0 saturated heterocycles. The molecule has 22 valence electrons. The first-order chi connectivity index (χ1) is 1.91. The Morgan fingerprint density at radius 1 is 1.75 bits per heavy atom. The van der Waals surface area contributed by atoms with Crippen molar-refractivity contribution < 1.29 is 8.50 Å². The predicted molar refractivity (Wildman–Crippen MR) is 11.9 cm³/mol. The van der Waals surface area contributed by atoms with E-state index in [-0.39, 0.29) is 0 Å². The van der Waals surface area contributed by atoms with Crippen molar-refractivity contribution >= 4 is 9.29 Å². The Labute approximate surface area is 24.7 Å². The molecule has 0 aliphatic rings. The molecule has 0 aliphatic heterocycles. The topological polar surface area (TPSA) is 0 Å². The summed E-state index contributed by atoms with van der Waals surface area (Å²) in [6, 6.07) is 0. The van der Waals surface area contributed by atoms with Gasteiger partial charge < -0.3 is 0 Å². The van der Waals surface area contributed by atoms with Gasteiger partial charge in [0.2, 0.25) is 0 Å². The summed E-state index contributed by atoms with van der Waals surface area (Å²) in [5.74, 6) is 0.792. The van der Waals surface area contributed by atoms with Crippen LogP contribution >= 0.6 is 0 Å². The van der Waals surface area contributed by atoms with E-state index in [9.17, 15) is 8.50 Å². The third-order valence-corrected chi connectivity index (χ3v) is 0.107. The van der Waals surface area contributed by atoms with Gasteiger partial charge in [-0.05, 0) is 0 Å². The van der Waals surface area contributed by atoms with Crippen LogP contribution in [0.1, 0.15) is 0 Å². The van der Waals surface area contributed by atoms with E-state index in [4.69, 9.17) is 0 Å². The Balaban J connectivity index is 2.83. The Morgan fingerprint density at radius 3 is 2.00 bits per heavy atom. The van der Waals surface area contributed by atoms with Gasteiger partial charge in [-0.1, -0.05) is 0 Å². The molecule has 0 N–H and O–H groups in total. The largest absolute Gasteiger partial charge is 0.270 e. The molecule has 0 aromatic heterocycles. The quantitative estimate of drug-likeness (QED) is 0.291. The number of hydrogen-bond donors (Lipinski definition) is 0. The van der Waals surface area contributed by atoms with Crippen molar-refractivity contribution in [2.24, 2.45) is 0 Å². The average molecular weight is 78.1 g/mol. The van der Waals surface area contributed by atoms with Crippen molar-refractivity contribution in [3.8, 4) is 5.75 Å². The second-order valence-corrected chi connectivity index (χ2v) is 0.567. The van der Waals surface area contributed by atoms with E-state index in [1.54, 1.807) is 0 Å². The van der Waals surface area contributed by atoms with E-state index in [0.717, 1.165) is 5.75 Å². The lowest BCUT2D eigenvalue weighted by molar-refractivity contribution is 0.769. The summed E-state index contributed by atoms with van der Waals surface area (Å²) in [6.45, 7) is 0. The number of hydrogen-bond acceptors (Lipinski definition) is 0. The molecule has 0 heterocycles. The van der Waals surface area contributed by atoms with Crippen molar-refractivity contribution in [2.75, 3.05) is 0 Å². The van der Waals surface area contributed by atoms with Gasteiger partial charge in [-0.25, -0.2) is 4.11 Å². The van der Waals surface area contributed by atoms with E-state index >= 15 is 0 Å². The molecule has 0 radical (unpaired) electrons. The van der Waals surface area contributed by atoms with Crippen LogP contribution in [0.15, 0.2) is 0 Å². The van der Waals surface area contributed by atoms with Gasteiger partial charge in [0, 0.05) is 0 Å². The van der Waals surface area contributed by atoms with Crippen LogP contribution in [0.5, 0.6) is 0 Å². The van der Waals surface area contributed by atoms with E-state index in [1.807, 2.05) is 0 Å². The van der Waals surface area contributed by atoms with Gasteiger partial charge in [0.25, 0.3) is 9.29 Å². The molecular formula is CF2Si. The summed E-state index contributed by atoms with van der Waals surface area (Å²) >= 11 is 0. The van der Waals surface area contributed by atoms with Gasteiger partial charge in [-0.2, -0.15) is 4.39 Å². The van der Waals surface area contributed by atoms with Gasteiger partial charge in [-0.15, -0.1) is 0 Å². The smallest absolute Gasteiger partial charge is 0.217 e. The highest BCUT2D eigenvalue weighted by atomic mass is 28.2. The molecular weight excluding hydrogens is 78.1 g/mol. The molecule has 0 fully saturated rings. The van der Waals surface area contributed by atoms with E-state index in [0.29, 0.717) is 0 Å². The summed E-state index contributed by atoms with van der Waals surface area (Å²) in [5.41, 5.74) is 0. The molecule has 0 bridgehead atoms. The third kappa shape index (κ3) is 1.86. The van der Waals surface area contributed by atoms with Crippen molar-refractivity contribution in [3.63, 3.8) is 0 Å². The number of rotatable bonds is 0. The monoisotopic (exact) mass is 78.0 g/mol. The SMILES string of the molecule is FC#[Si]F. The lowest BCUT2D eigenvalue weighted by Crippen LogP contribution is -1.36. The zero-order valence-electron chi connectivity index (χ0n) is 1.76. The summed E-state index contributed by atoms with van der Waals surface area (Å²) in [7, 11) is -1.28. The van der Waals surface area contributed by atoms with Gasteiger partial charge >= 0.3 is 0 Å². The Kier molecular flexibility index (Phi) is 2.75. The lowest BCUT2D eigenvalue weighted by Gasteiger charge is -1.30. The molecule has 0 aliphatic carbocycles. The maximum atomic E-state index is 10.3. The highest BCUT2D eigenvalue weighted by Gasteiger charge is 1.40. The van der Waals surface area contributed by atoms with Crippen LogP contribution < -0.4 is 0 Å². The Hall–Kier alpha value is -0.143. The van der Waals surface area contributed by atoms with E-state index < -0.39 is 9.29 Å². The minimum Gasteiger partial charge on any atom is -0.217 e. The zero-order chi connectivity index (χ0) is 3.41. The molecule has 0 saturated carbocycles. The molecule has 0 aromatic carbocycles. The minimum atomic E-state index is -1.28. The van der Waals surface area contributed by atoms with Crippen molar-refractivity contribution in [2.45, 2.75) is 0 Å². The second-order valence-electron chi connectivity index (χ2n) is 0.189. The average Bonchev–Trinajstić information content (AvgIpc) is 1.37. The number of halogens is 2. The first-order valence-corrected chi connectivity index (χ1v) is 1.51. The standard InChI is InChI=1S/CF2Si/c2-1-4-3. The summed E-state index contributed by atoms with van der Waals surface area (Å²) in [5, 5.41) is 0. The van der Waals surface area contributed by atoms with Crippen LogP contribution in [-0.2, 0) is 0 Å². The summed E-state index contributed by atoms with van der Waals surface area (Å²) < 4.78 is 20.4. The van der Waals surface area contributed by atoms with Crippen molar-refractivity contribution in [1.29, 1.82) is 0 Å². The molecule has 0 unspecified atom stereocenters.